The van der Waals surface area contributed by atoms with Crippen LogP contribution < -0.4 is 4.74 Å². The zero-order valence-corrected chi connectivity index (χ0v) is 11.6. The highest BCUT2D eigenvalue weighted by Crippen LogP contribution is 2.27. The van der Waals surface area contributed by atoms with Gasteiger partial charge < -0.3 is 14.7 Å². The minimum absolute atomic E-state index is 0.0140. The molecule has 4 nitrogen and oxygen atoms in total. The fourth-order valence-corrected chi connectivity index (χ4v) is 2.74. The highest BCUT2D eigenvalue weighted by Gasteiger charge is 2.30. The Balaban J connectivity index is 2.29. The van der Waals surface area contributed by atoms with Crippen molar-refractivity contribution >= 4 is 5.91 Å². The molecule has 1 N–H and O–H groups in total. The average Bonchev–Trinajstić information content (AvgIpc) is 2.47. The molecule has 1 atom stereocenters. The summed E-state index contributed by atoms with van der Waals surface area (Å²) in [7, 11) is 1.42. The molecule has 1 saturated heterocycles. The van der Waals surface area contributed by atoms with E-state index in [0.717, 1.165) is 19.3 Å². The van der Waals surface area contributed by atoms with Gasteiger partial charge in [-0.25, -0.2) is 4.39 Å². The molecule has 1 heterocycles. The molecular formula is C15H20FNO3. The normalized spacial score (nSPS) is 18.9. The SMILES string of the molecule is COc1cccc(F)c1C(=O)N1CCCCC1CCO. The van der Waals surface area contributed by atoms with Gasteiger partial charge in [-0.2, -0.15) is 0 Å². The van der Waals surface area contributed by atoms with E-state index in [1.54, 1.807) is 11.0 Å². The van der Waals surface area contributed by atoms with Crippen LogP contribution in [0.5, 0.6) is 5.75 Å². The first-order chi connectivity index (χ1) is 9.69. The summed E-state index contributed by atoms with van der Waals surface area (Å²) in [5, 5.41) is 9.11. The Hall–Kier alpha value is -1.62. The number of methoxy groups -OCH3 is 1. The third-order valence-corrected chi connectivity index (χ3v) is 3.76. The van der Waals surface area contributed by atoms with E-state index >= 15 is 0 Å². The molecule has 1 aliphatic heterocycles. The van der Waals surface area contributed by atoms with Gasteiger partial charge in [0, 0.05) is 19.2 Å². The molecule has 0 radical (unpaired) electrons. The van der Waals surface area contributed by atoms with E-state index in [2.05, 4.69) is 0 Å². The van der Waals surface area contributed by atoms with Crippen LogP contribution in [0.2, 0.25) is 0 Å². The summed E-state index contributed by atoms with van der Waals surface area (Å²) in [5.74, 6) is -0.663. The Morgan fingerprint density at radius 3 is 3.00 bits per heavy atom. The van der Waals surface area contributed by atoms with Gasteiger partial charge in [-0.1, -0.05) is 6.07 Å². The Bertz CT molecular complexity index is 476. The Kier molecular flexibility index (Phi) is 4.95. The van der Waals surface area contributed by atoms with E-state index in [9.17, 15) is 9.18 Å². The van der Waals surface area contributed by atoms with Crippen molar-refractivity contribution in [3.05, 3.63) is 29.6 Å². The molecule has 20 heavy (non-hydrogen) atoms. The summed E-state index contributed by atoms with van der Waals surface area (Å²) >= 11 is 0. The lowest BCUT2D eigenvalue weighted by Gasteiger charge is -2.35. The summed E-state index contributed by atoms with van der Waals surface area (Å²) in [6, 6.07) is 4.35. The van der Waals surface area contributed by atoms with E-state index in [1.165, 1.54) is 19.2 Å². The molecule has 110 valence electrons. The van der Waals surface area contributed by atoms with Gasteiger partial charge in [-0.3, -0.25) is 4.79 Å². The van der Waals surface area contributed by atoms with Crippen LogP contribution in [0.15, 0.2) is 18.2 Å². The summed E-state index contributed by atoms with van der Waals surface area (Å²) in [4.78, 5) is 14.3. The Morgan fingerprint density at radius 2 is 2.30 bits per heavy atom. The number of carbonyl (C=O) groups is 1. The lowest BCUT2D eigenvalue weighted by molar-refractivity contribution is 0.0566. The van der Waals surface area contributed by atoms with Crippen LogP contribution in [0.25, 0.3) is 0 Å². The van der Waals surface area contributed by atoms with Crippen LogP contribution in [-0.2, 0) is 0 Å². The van der Waals surface area contributed by atoms with Gasteiger partial charge in [0.1, 0.15) is 17.1 Å². The number of benzene rings is 1. The van der Waals surface area contributed by atoms with E-state index in [4.69, 9.17) is 9.84 Å². The van der Waals surface area contributed by atoms with E-state index in [0.29, 0.717) is 13.0 Å². The van der Waals surface area contributed by atoms with Crippen LogP contribution in [0, 0.1) is 5.82 Å². The quantitative estimate of drug-likeness (QED) is 0.920. The second kappa shape index (κ2) is 6.70. The molecule has 0 spiro atoms. The standard InChI is InChI=1S/C15H20FNO3/c1-20-13-7-4-6-12(16)14(13)15(19)17-9-3-2-5-11(17)8-10-18/h4,6-7,11,18H,2-3,5,8-10H2,1H3. The number of hydrogen-bond donors (Lipinski definition) is 1. The highest BCUT2D eigenvalue weighted by atomic mass is 19.1. The molecule has 0 aliphatic carbocycles. The predicted octanol–water partition coefficient (Wildman–Crippen LogP) is 2.21. The molecule has 1 aliphatic rings. The average molecular weight is 281 g/mol. The van der Waals surface area contributed by atoms with E-state index < -0.39 is 5.82 Å². The van der Waals surface area contributed by atoms with Gasteiger partial charge in [-0.15, -0.1) is 0 Å². The molecule has 1 unspecified atom stereocenters. The third-order valence-electron chi connectivity index (χ3n) is 3.76. The van der Waals surface area contributed by atoms with Crippen LogP contribution in [0.4, 0.5) is 4.39 Å². The zero-order chi connectivity index (χ0) is 14.5. The molecule has 5 heteroatoms. The first kappa shape index (κ1) is 14.8. The summed E-state index contributed by atoms with van der Waals surface area (Å²) in [6.07, 6.45) is 3.32. The van der Waals surface area contributed by atoms with Crippen molar-refractivity contribution in [1.29, 1.82) is 0 Å². The first-order valence-corrected chi connectivity index (χ1v) is 6.93. The molecule has 0 aromatic heterocycles. The number of carbonyl (C=O) groups excluding carboxylic acids is 1. The molecule has 0 saturated carbocycles. The largest absolute Gasteiger partial charge is 0.496 e. The molecule has 1 aromatic rings. The molecule has 0 bridgehead atoms. The minimum Gasteiger partial charge on any atom is -0.496 e. The van der Waals surface area contributed by atoms with Gasteiger partial charge in [0.25, 0.3) is 5.91 Å². The third kappa shape index (κ3) is 2.93. The van der Waals surface area contributed by atoms with Crippen LogP contribution in [-0.4, -0.2) is 42.2 Å². The number of likely N-dealkylation sites (tertiary alicyclic amines) is 1. The fourth-order valence-electron chi connectivity index (χ4n) is 2.74. The maximum atomic E-state index is 14.0. The number of amides is 1. The topological polar surface area (TPSA) is 49.8 Å². The molecular weight excluding hydrogens is 261 g/mol. The second-order valence-electron chi connectivity index (χ2n) is 4.98. The van der Waals surface area contributed by atoms with Gasteiger partial charge in [0.2, 0.25) is 0 Å². The minimum atomic E-state index is -0.567. The van der Waals surface area contributed by atoms with Crippen molar-refractivity contribution in [1.82, 2.24) is 4.90 Å². The number of aliphatic hydroxyl groups excluding tert-OH is 1. The van der Waals surface area contributed by atoms with Crippen LogP contribution in [0.3, 0.4) is 0 Å². The van der Waals surface area contributed by atoms with Crippen molar-refractivity contribution in [3.63, 3.8) is 0 Å². The number of rotatable bonds is 4. The summed E-state index contributed by atoms with van der Waals surface area (Å²) < 4.78 is 19.1. The maximum Gasteiger partial charge on any atom is 0.260 e. The van der Waals surface area contributed by atoms with Gasteiger partial charge >= 0.3 is 0 Å². The van der Waals surface area contributed by atoms with Gasteiger partial charge in [0.15, 0.2) is 0 Å². The Labute approximate surface area is 118 Å². The number of hydrogen-bond acceptors (Lipinski definition) is 3. The monoisotopic (exact) mass is 281 g/mol. The molecule has 1 amide bonds. The van der Waals surface area contributed by atoms with Gasteiger partial charge in [0.05, 0.1) is 7.11 Å². The first-order valence-electron chi connectivity index (χ1n) is 6.93. The Morgan fingerprint density at radius 1 is 1.50 bits per heavy atom. The van der Waals surface area contributed by atoms with Gasteiger partial charge in [-0.05, 0) is 37.8 Å². The van der Waals surface area contributed by atoms with Crippen molar-refractivity contribution in [2.45, 2.75) is 31.7 Å². The van der Waals surface area contributed by atoms with E-state index in [-0.39, 0.29) is 29.9 Å². The number of piperidine rings is 1. The summed E-state index contributed by atoms with van der Waals surface area (Å²) in [6.45, 7) is 0.629. The zero-order valence-electron chi connectivity index (χ0n) is 11.6. The lowest BCUT2D eigenvalue weighted by atomic mass is 9.98. The number of ether oxygens (including phenoxy) is 1. The van der Waals surface area contributed by atoms with Crippen LogP contribution in [0.1, 0.15) is 36.0 Å². The number of nitrogens with zero attached hydrogens (tertiary/aromatic N) is 1. The number of aliphatic hydroxyl groups is 1. The van der Waals surface area contributed by atoms with E-state index in [1.807, 2.05) is 0 Å². The molecule has 2 rings (SSSR count). The van der Waals surface area contributed by atoms with Crippen molar-refractivity contribution < 1.29 is 19.0 Å². The van der Waals surface area contributed by atoms with Crippen molar-refractivity contribution in [3.8, 4) is 5.75 Å². The summed E-state index contributed by atoms with van der Waals surface area (Å²) in [5.41, 5.74) is -0.0140. The molecule has 1 aromatic carbocycles. The number of halogens is 1. The lowest BCUT2D eigenvalue weighted by Crippen LogP contribution is -2.44. The maximum absolute atomic E-state index is 14.0. The smallest absolute Gasteiger partial charge is 0.260 e. The fraction of sp³-hybridized carbons (Fsp3) is 0.533. The predicted molar refractivity (Wildman–Crippen MR) is 73.3 cm³/mol. The van der Waals surface area contributed by atoms with Crippen molar-refractivity contribution in [2.24, 2.45) is 0 Å². The highest BCUT2D eigenvalue weighted by molar-refractivity contribution is 5.97. The van der Waals surface area contributed by atoms with Crippen LogP contribution >= 0.6 is 0 Å². The van der Waals surface area contributed by atoms with Crippen molar-refractivity contribution in [2.75, 3.05) is 20.3 Å². The second-order valence-corrected chi connectivity index (χ2v) is 4.98. The molecule has 1 fully saturated rings.